The van der Waals surface area contributed by atoms with Gasteiger partial charge >= 0.3 is 6.03 Å². The van der Waals surface area contributed by atoms with Crippen molar-refractivity contribution in [3.8, 4) is 0 Å². The van der Waals surface area contributed by atoms with E-state index in [4.69, 9.17) is 0 Å². The minimum atomic E-state index is -0.0999. The number of benzene rings is 1. The molecule has 2 atom stereocenters. The highest BCUT2D eigenvalue weighted by Gasteiger charge is 2.26. The Bertz CT molecular complexity index is 614. The second-order valence-corrected chi connectivity index (χ2v) is 6.92. The second kappa shape index (κ2) is 7.62. The van der Waals surface area contributed by atoms with Crippen LogP contribution in [0.25, 0.3) is 0 Å². The molecule has 2 N–H and O–H groups in total. The highest BCUT2D eigenvalue weighted by Crippen LogP contribution is 2.20. The fourth-order valence-corrected chi connectivity index (χ4v) is 3.68. The van der Waals surface area contributed by atoms with E-state index in [9.17, 15) is 4.79 Å². The molecule has 1 aliphatic rings. The summed E-state index contributed by atoms with van der Waals surface area (Å²) in [5.74, 6) is 0. The van der Waals surface area contributed by atoms with E-state index in [1.54, 1.807) is 11.3 Å². The Morgan fingerprint density at radius 3 is 2.83 bits per heavy atom. The number of piperidine rings is 1. The quantitative estimate of drug-likeness (QED) is 0.893. The molecular weight excluding hydrogens is 306 g/mol. The maximum absolute atomic E-state index is 12.0. The number of nitrogens with zero attached hydrogens (tertiary/aromatic N) is 1. The zero-order valence-corrected chi connectivity index (χ0v) is 14.2. The molecular formula is C18H23N3OS. The first-order valence-corrected chi connectivity index (χ1v) is 9.02. The van der Waals surface area contributed by atoms with Crippen molar-refractivity contribution in [3.63, 3.8) is 0 Å². The third-order valence-electron chi connectivity index (χ3n) is 4.36. The Balaban J connectivity index is 1.47. The molecule has 2 aromatic rings. The van der Waals surface area contributed by atoms with E-state index >= 15 is 0 Å². The van der Waals surface area contributed by atoms with Gasteiger partial charge in [-0.1, -0.05) is 30.3 Å². The summed E-state index contributed by atoms with van der Waals surface area (Å²) in [6, 6.07) is 13.1. The average Bonchev–Trinajstić information content (AvgIpc) is 3.04. The minimum Gasteiger partial charge on any atom is -0.335 e. The first-order chi connectivity index (χ1) is 11.2. The lowest BCUT2D eigenvalue weighted by Gasteiger charge is -2.38. The van der Waals surface area contributed by atoms with Crippen LogP contribution < -0.4 is 10.6 Å². The average molecular weight is 329 g/mol. The lowest BCUT2D eigenvalue weighted by atomic mass is 9.97. The Morgan fingerprint density at radius 2 is 2.13 bits per heavy atom. The third kappa shape index (κ3) is 4.56. The predicted octanol–water partition coefficient (Wildman–Crippen LogP) is 3.92. The van der Waals surface area contributed by atoms with Crippen LogP contribution in [0.5, 0.6) is 0 Å². The standard InChI is InChI=1S/C18H23N3OS/c1-14-11-16(19-18(22)20-17-8-10-23-13-17)7-9-21(14)12-15-5-3-2-4-6-15/h2-6,8,10,13-14,16H,7,9,11-12H2,1H3,(H2,19,20,22). The van der Waals surface area contributed by atoms with Gasteiger partial charge in [0.15, 0.2) is 0 Å². The smallest absolute Gasteiger partial charge is 0.319 e. The monoisotopic (exact) mass is 329 g/mol. The fraction of sp³-hybridized carbons (Fsp3) is 0.389. The molecule has 3 rings (SSSR count). The summed E-state index contributed by atoms with van der Waals surface area (Å²) in [6.07, 6.45) is 1.98. The fourth-order valence-electron chi connectivity index (χ4n) is 3.09. The number of amides is 2. The van der Waals surface area contributed by atoms with E-state index in [1.165, 1.54) is 5.56 Å². The summed E-state index contributed by atoms with van der Waals surface area (Å²) in [4.78, 5) is 14.5. The third-order valence-corrected chi connectivity index (χ3v) is 5.04. The van der Waals surface area contributed by atoms with Crippen molar-refractivity contribution < 1.29 is 4.79 Å². The number of carbonyl (C=O) groups is 1. The van der Waals surface area contributed by atoms with Crippen molar-refractivity contribution >= 4 is 23.1 Å². The topological polar surface area (TPSA) is 44.4 Å². The van der Waals surface area contributed by atoms with Crippen LogP contribution in [0.1, 0.15) is 25.3 Å². The van der Waals surface area contributed by atoms with Crippen LogP contribution >= 0.6 is 11.3 Å². The summed E-state index contributed by atoms with van der Waals surface area (Å²) in [5, 5.41) is 9.88. The minimum absolute atomic E-state index is 0.0999. The van der Waals surface area contributed by atoms with Crippen molar-refractivity contribution in [1.29, 1.82) is 0 Å². The van der Waals surface area contributed by atoms with E-state index in [-0.39, 0.29) is 12.1 Å². The highest BCUT2D eigenvalue weighted by molar-refractivity contribution is 7.08. The number of hydrogen-bond donors (Lipinski definition) is 2. The number of thiophene rings is 1. The van der Waals surface area contributed by atoms with Crippen LogP contribution in [0.4, 0.5) is 10.5 Å². The molecule has 23 heavy (non-hydrogen) atoms. The van der Waals surface area contributed by atoms with E-state index < -0.39 is 0 Å². The van der Waals surface area contributed by atoms with Gasteiger partial charge in [0.25, 0.3) is 0 Å². The molecule has 122 valence electrons. The van der Waals surface area contributed by atoms with Gasteiger partial charge in [0, 0.05) is 30.6 Å². The van der Waals surface area contributed by atoms with Gasteiger partial charge in [-0.25, -0.2) is 4.79 Å². The molecule has 1 fully saturated rings. The lowest BCUT2D eigenvalue weighted by Crippen LogP contribution is -2.49. The Morgan fingerprint density at radius 1 is 1.30 bits per heavy atom. The van der Waals surface area contributed by atoms with Crippen LogP contribution in [-0.2, 0) is 6.54 Å². The van der Waals surface area contributed by atoms with Gasteiger partial charge in [-0.2, -0.15) is 11.3 Å². The maximum atomic E-state index is 12.0. The van der Waals surface area contributed by atoms with Crippen molar-refractivity contribution in [3.05, 3.63) is 52.7 Å². The molecule has 0 radical (unpaired) electrons. The largest absolute Gasteiger partial charge is 0.335 e. The zero-order chi connectivity index (χ0) is 16.1. The first kappa shape index (κ1) is 16.0. The Kier molecular flexibility index (Phi) is 5.31. The predicted molar refractivity (Wildman–Crippen MR) is 95.8 cm³/mol. The summed E-state index contributed by atoms with van der Waals surface area (Å²) < 4.78 is 0. The number of carbonyl (C=O) groups excluding carboxylic acids is 1. The van der Waals surface area contributed by atoms with Gasteiger partial charge in [-0.15, -0.1) is 0 Å². The Hall–Kier alpha value is -1.85. The van der Waals surface area contributed by atoms with Gasteiger partial charge in [0.2, 0.25) is 0 Å². The number of urea groups is 1. The lowest BCUT2D eigenvalue weighted by molar-refractivity contribution is 0.131. The normalized spacial score (nSPS) is 21.8. The molecule has 2 amide bonds. The van der Waals surface area contributed by atoms with Gasteiger partial charge in [-0.3, -0.25) is 4.90 Å². The molecule has 2 heterocycles. The van der Waals surface area contributed by atoms with E-state index in [0.717, 1.165) is 31.6 Å². The molecule has 0 saturated carbocycles. The molecule has 1 aromatic carbocycles. The van der Waals surface area contributed by atoms with Crippen molar-refractivity contribution in [2.24, 2.45) is 0 Å². The van der Waals surface area contributed by atoms with E-state index in [2.05, 4.69) is 52.8 Å². The molecule has 0 bridgehead atoms. The summed E-state index contributed by atoms with van der Waals surface area (Å²) in [6.45, 7) is 4.24. The molecule has 0 aliphatic carbocycles. The molecule has 1 saturated heterocycles. The summed E-state index contributed by atoms with van der Waals surface area (Å²) in [7, 11) is 0. The Labute approximate surface area is 141 Å². The SMILES string of the molecule is CC1CC(NC(=O)Nc2ccsc2)CCN1Cc1ccccc1. The van der Waals surface area contributed by atoms with Crippen LogP contribution in [0.3, 0.4) is 0 Å². The van der Waals surface area contributed by atoms with E-state index in [1.807, 2.05) is 16.8 Å². The molecule has 1 aliphatic heterocycles. The van der Waals surface area contributed by atoms with Crippen LogP contribution in [0.2, 0.25) is 0 Å². The molecule has 0 spiro atoms. The number of rotatable bonds is 4. The molecule has 4 nitrogen and oxygen atoms in total. The second-order valence-electron chi connectivity index (χ2n) is 6.14. The number of nitrogens with one attached hydrogen (secondary N) is 2. The molecule has 1 aromatic heterocycles. The number of likely N-dealkylation sites (tertiary alicyclic amines) is 1. The van der Waals surface area contributed by atoms with Crippen LogP contribution in [0.15, 0.2) is 47.2 Å². The first-order valence-electron chi connectivity index (χ1n) is 8.08. The van der Waals surface area contributed by atoms with E-state index in [0.29, 0.717) is 6.04 Å². The van der Waals surface area contributed by atoms with Gasteiger partial charge in [0.1, 0.15) is 0 Å². The zero-order valence-electron chi connectivity index (χ0n) is 13.4. The van der Waals surface area contributed by atoms with Crippen molar-refractivity contribution in [1.82, 2.24) is 10.2 Å². The summed E-state index contributed by atoms with van der Waals surface area (Å²) in [5.41, 5.74) is 2.21. The van der Waals surface area contributed by atoms with Crippen molar-refractivity contribution in [2.45, 2.75) is 38.4 Å². The van der Waals surface area contributed by atoms with Crippen LogP contribution in [-0.4, -0.2) is 29.6 Å². The van der Waals surface area contributed by atoms with Gasteiger partial charge in [0.05, 0.1) is 5.69 Å². The number of anilines is 1. The van der Waals surface area contributed by atoms with Crippen molar-refractivity contribution in [2.75, 3.05) is 11.9 Å². The maximum Gasteiger partial charge on any atom is 0.319 e. The number of hydrogen-bond acceptors (Lipinski definition) is 3. The molecule has 5 heteroatoms. The van der Waals surface area contributed by atoms with Gasteiger partial charge in [-0.05, 0) is 36.8 Å². The molecule has 2 unspecified atom stereocenters. The highest BCUT2D eigenvalue weighted by atomic mass is 32.1. The van der Waals surface area contributed by atoms with Crippen LogP contribution in [0, 0.1) is 0 Å². The summed E-state index contributed by atoms with van der Waals surface area (Å²) >= 11 is 1.58. The van der Waals surface area contributed by atoms with Gasteiger partial charge < -0.3 is 10.6 Å².